The number of hydrogen-bond acceptors (Lipinski definition) is 4. The van der Waals surface area contributed by atoms with Crippen LogP contribution in [0.25, 0.3) is 88.3 Å². The molecule has 0 bridgehead atoms. The molecule has 0 spiro atoms. The van der Waals surface area contributed by atoms with Gasteiger partial charge in [0.05, 0.1) is 0 Å². The first-order chi connectivity index (χ1) is 35.0. The lowest BCUT2D eigenvalue weighted by Crippen LogP contribution is -1.84. The van der Waals surface area contributed by atoms with Gasteiger partial charge < -0.3 is 0 Å². The van der Waals surface area contributed by atoms with E-state index in [4.69, 9.17) is 0 Å². The van der Waals surface area contributed by atoms with Gasteiger partial charge in [-0.25, -0.2) is 0 Å². The minimum Gasteiger partial charge on any atom is -0.135 e. The zero-order valence-electron chi connectivity index (χ0n) is 41.8. The van der Waals surface area contributed by atoms with Gasteiger partial charge in [0.2, 0.25) is 0 Å². The highest BCUT2D eigenvalue weighted by atomic mass is 32.1. The van der Waals surface area contributed by atoms with Crippen LogP contribution in [0.3, 0.4) is 0 Å². The van der Waals surface area contributed by atoms with Crippen LogP contribution in [0.1, 0.15) is 101 Å². The molecule has 0 saturated carbocycles. The smallest absolute Gasteiger partial charge is 0.0399 e. The highest BCUT2D eigenvalue weighted by molar-refractivity contribution is 7.65. The molecule has 0 aliphatic heterocycles. The Bertz CT molecular complexity index is 3060. The predicted molar refractivity (Wildman–Crippen MR) is 320 cm³/mol. The fourth-order valence-corrected chi connectivity index (χ4v) is 17.5. The van der Waals surface area contributed by atoms with Crippen molar-refractivity contribution in [3.63, 3.8) is 0 Å². The van der Waals surface area contributed by atoms with Crippen molar-refractivity contribution in [3.05, 3.63) is 198 Å². The first kappa shape index (κ1) is 49.3. The minimum atomic E-state index is -0.998. The molecular formula is C66H65PS4. The second-order valence-electron chi connectivity index (χ2n) is 19.0. The van der Waals surface area contributed by atoms with E-state index in [1.165, 1.54) is 162 Å². The largest absolute Gasteiger partial charge is 0.135 e. The summed E-state index contributed by atoms with van der Waals surface area (Å²) in [6.07, 6.45) is 14.3. The van der Waals surface area contributed by atoms with Crippen LogP contribution >= 0.6 is 52.9 Å². The number of aryl methyl sites for hydroxylation is 4. The number of unbranched alkanes of at least 4 members (excludes halogenated alkanes) is 4. The van der Waals surface area contributed by atoms with Crippen molar-refractivity contribution in [1.29, 1.82) is 0 Å². The molecule has 5 aromatic carbocycles. The van der Waals surface area contributed by atoms with E-state index in [9.17, 15) is 0 Å². The molecule has 0 aliphatic rings. The lowest BCUT2D eigenvalue weighted by molar-refractivity contribution is 0.795. The summed E-state index contributed by atoms with van der Waals surface area (Å²) >= 11 is 7.86. The molecule has 0 unspecified atom stereocenters. The summed E-state index contributed by atoms with van der Waals surface area (Å²) in [7, 11) is -0.998. The second-order valence-corrected chi connectivity index (χ2v) is 25.4. The van der Waals surface area contributed by atoms with Crippen molar-refractivity contribution in [2.75, 3.05) is 0 Å². The van der Waals surface area contributed by atoms with E-state index in [-0.39, 0.29) is 0 Å². The van der Waals surface area contributed by atoms with Crippen molar-refractivity contribution in [3.8, 4) is 88.3 Å². The molecule has 10 rings (SSSR count). The summed E-state index contributed by atoms with van der Waals surface area (Å²) < 4.78 is 0. The van der Waals surface area contributed by atoms with Crippen molar-refractivity contribution in [2.45, 2.75) is 105 Å². The molecule has 0 fully saturated rings. The van der Waals surface area contributed by atoms with Gasteiger partial charge in [0.1, 0.15) is 0 Å². The summed E-state index contributed by atoms with van der Waals surface area (Å²) in [6.45, 7) is 9.11. The first-order valence-corrected chi connectivity index (χ1v) is 30.7. The van der Waals surface area contributed by atoms with Crippen LogP contribution in [0.5, 0.6) is 0 Å². The summed E-state index contributed by atoms with van der Waals surface area (Å²) in [5.41, 5.74) is 13.7. The Labute approximate surface area is 440 Å². The van der Waals surface area contributed by atoms with Crippen molar-refractivity contribution in [2.24, 2.45) is 0 Å². The third-order valence-electron chi connectivity index (χ3n) is 13.8. The van der Waals surface area contributed by atoms with Crippen LogP contribution in [0, 0.1) is 0 Å². The molecule has 71 heavy (non-hydrogen) atoms. The predicted octanol–water partition coefficient (Wildman–Crippen LogP) is 22.6. The third-order valence-corrected chi connectivity index (χ3v) is 21.3. The van der Waals surface area contributed by atoms with Crippen molar-refractivity contribution < 1.29 is 0 Å². The fourth-order valence-electron chi connectivity index (χ4n) is 9.72. The molecule has 0 amide bonds. The van der Waals surface area contributed by atoms with E-state index in [0.717, 1.165) is 25.7 Å². The van der Waals surface area contributed by atoms with E-state index in [0.29, 0.717) is 0 Å². The number of hydrogen-bond donors (Lipinski definition) is 0. The molecule has 5 heteroatoms. The van der Waals surface area contributed by atoms with Crippen molar-refractivity contribution in [1.82, 2.24) is 0 Å². The summed E-state index contributed by atoms with van der Waals surface area (Å²) in [5.74, 6) is 0. The van der Waals surface area contributed by atoms with Gasteiger partial charge in [-0.1, -0.05) is 188 Å². The molecule has 0 N–H and O–H groups in total. The van der Waals surface area contributed by atoms with Crippen LogP contribution in [0.4, 0.5) is 0 Å². The highest BCUT2D eigenvalue weighted by Crippen LogP contribution is 2.68. The monoisotopic (exact) mass is 1020 g/mol. The van der Waals surface area contributed by atoms with E-state index >= 15 is 0 Å². The van der Waals surface area contributed by atoms with Crippen LogP contribution in [0.2, 0.25) is 0 Å². The Morgan fingerprint density at radius 3 is 0.845 bits per heavy atom. The molecular weight excluding hydrogens is 952 g/mol. The zero-order chi connectivity index (χ0) is 48.5. The van der Waals surface area contributed by atoms with E-state index in [1.807, 2.05) is 45.3 Å². The summed E-state index contributed by atoms with van der Waals surface area (Å²) in [6, 6.07) is 68.5. The molecule has 0 saturated heterocycles. The number of rotatable bonds is 21. The quantitative estimate of drug-likeness (QED) is 0.0673. The van der Waals surface area contributed by atoms with Gasteiger partial charge in [0, 0.05) is 60.7 Å². The van der Waals surface area contributed by atoms with Gasteiger partial charge in [0.15, 0.2) is 0 Å². The van der Waals surface area contributed by atoms with Gasteiger partial charge in [0.25, 0.3) is 0 Å². The molecule has 0 atom stereocenters. The maximum Gasteiger partial charge on any atom is 0.0399 e. The lowest BCUT2D eigenvalue weighted by Gasteiger charge is -2.10. The molecule has 358 valence electrons. The second kappa shape index (κ2) is 23.5. The minimum absolute atomic E-state index is 0.998. The van der Waals surface area contributed by atoms with Gasteiger partial charge in [-0.3, -0.25) is 0 Å². The molecule has 10 aromatic rings. The lowest BCUT2D eigenvalue weighted by atomic mass is 10.0. The van der Waals surface area contributed by atoms with E-state index in [2.05, 4.69) is 204 Å². The standard InChI is InChI=1S/C66H65PS4/c1-5-9-16-46-22-30-50(31-23-46)55-38-42-59(68-55)63-64(60-43-39-56(69-60)51-32-24-47(25-33-51)17-10-6-2)66(62-45-41-58(71-62)53-36-28-49(29-37-53)19-12-8-4)67(54-20-14-13-15-21-54)65(63)61-44-40-57(70-61)52-34-26-48(27-35-52)18-11-7-3/h13-15,20-45H,5-12,16-19H2,1-4H3. The first-order valence-electron chi connectivity index (χ1n) is 26.1. The Morgan fingerprint density at radius 2 is 0.549 bits per heavy atom. The zero-order valence-corrected chi connectivity index (χ0v) is 46.0. The van der Waals surface area contributed by atoms with E-state index in [1.54, 1.807) is 0 Å². The van der Waals surface area contributed by atoms with E-state index < -0.39 is 7.53 Å². The van der Waals surface area contributed by atoms with Crippen molar-refractivity contribution >= 4 is 52.9 Å². The average molecular weight is 1020 g/mol. The van der Waals surface area contributed by atoms with Crippen LogP contribution in [0.15, 0.2) is 176 Å². The average Bonchev–Trinajstić information content (AvgIpc) is 4.30. The van der Waals surface area contributed by atoms with Gasteiger partial charge >= 0.3 is 0 Å². The van der Waals surface area contributed by atoms with Crippen LogP contribution in [-0.2, 0) is 25.7 Å². The molecule has 5 heterocycles. The molecule has 5 aromatic heterocycles. The maximum atomic E-state index is 2.45. The van der Waals surface area contributed by atoms with Crippen LogP contribution < -0.4 is 0 Å². The maximum absolute atomic E-state index is 2.45. The molecule has 0 nitrogen and oxygen atoms in total. The Balaban J connectivity index is 1.21. The summed E-state index contributed by atoms with van der Waals surface area (Å²) in [5, 5.41) is 4.34. The Hall–Kier alpha value is -5.32. The van der Waals surface area contributed by atoms with Gasteiger partial charge in [-0.05, 0) is 150 Å². The Kier molecular flexibility index (Phi) is 16.3. The fraction of sp³-hybridized carbons (Fsp3) is 0.242. The van der Waals surface area contributed by atoms with Gasteiger partial charge in [-0.2, -0.15) is 0 Å². The Morgan fingerprint density at radius 1 is 0.282 bits per heavy atom. The SMILES string of the molecule is CCCCc1ccc(-c2ccc(-c3c(-c4ccc(-c5ccc(CCCC)cc5)s4)c(-c4ccc(-c5ccc(CCCC)cc5)s4)p(-c4ccccc4)c3-c3ccc(-c4ccc(CCCC)cc4)s3)s2)cc1. The van der Waals surface area contributed by atoms with Crippen LogP contribution in [-0.4, -0.2) is 0 Å². The molecule has 0 aliphatic carbocycles. The topological polar surface area (TPSA) is 0 Å². The number of thiophene rings is 4. The van der Waals surface area contributed by atoms with Gasteiger partial charge in [-0.15, -0.1) is 45.3 Å². The summed E-state index contributed by atoms with van der Waals surface area (Å²) in [4.78, 5) is 10.7. The number of benzene rings is 5. The third kappa shape index (κ3) is 11.2. The highest BCUT2D eigenvalue weighted by Gasteiger charge is 2.32. The normalized spacial score (nSPS) is 11.5. The molecule has 0 radical (unpaired) electrons.